The van der Waals surface area contributed by atoms with E-state index in [0.717, 1.165) is 18.5 Å². The molecule has 1 rings (SSSR count). The second-order valence-electron chi connectivity index (χ2n) is 4.16. The van der Waals surface area contributed by atoms with Crippen LogP contribution in [0, 0.1) is 0 Å². The monoisotopic (exact) mass is 283 g/mol. The third-order valence-electron chi connectivity index (χ3n) is 2.62. The standard InChI is InChI=1S/C12H17ClF3NO/c1-2-7-17-10(4-3-6-12(14,15)16)9-5-8-18-11(9)13/h5,8,10,17H,2-4,6-7H2,1H3. The molecule has 0 radical (unpaired) electrons. The molecule has 0 spiro atoms. The van der Waals surface area contributed by atoms with Crippen LogP contribution in [-0.2, 0) is 0 Å². The highest BCUT2D eigenvalue weighted by molar-refractivity contribution is 6.29. The molecule has 18 heavy (non-hydrogen) atoms. The van der Waals surface area contributed by atoms with E-state index in [1.54, 1.807) is 6.07 Å². The highest BCUT2D eigenvalue weighted by Gasteiger charge is 2.27. The number of furan rings is 1. The molecule has 1 N–H and O–H groups in total. The zero-order valence-corrected chi connectivity index (χ0v) is 10.9. The third kappa shape index (κ3) is 5.31. The van der Waals surface area contributed by atoms with Gasteiger partial charge in [-0.05, 0) is 43.5 Å². The Labute approximate surface area is 109 Å². The molecule has 1 unspecified atom stereocenters. The summed E-state index contributed by atoms with van der Waals surface area (Å²) in [5.74, 6) is 0. The molecule has 1 atom stereocenters. The van der Waals surface area contributed by atoms with E-state index in [-0.39, 0.29) is 17.7 Å². The van der Waals surface area contributed by atoms with E-state index in [9.17, 15) is 13.2 Å². The number of rotatable bonds is 7. The molecule has 104 valence electrons. The predicted molar refractivity (Wildman–Crippen MR) is 64.7 cm³/mol. The van der Waals surface area contributed by atoms with Gasteiger partial charge in [-0.1, -0.05) is 6.92 Å². The van der Waals surface area contributed by atoms with E-state index in [2.05, 4.69) is 5.32 Å². The van der Waals surface area contributed by atoms with Gasteiger partial charge in [0.05, 0.1) is 6.26 Å². The Balaban J connectivity index is 2.54. The van der Waals surface area contributed by atoms with Crippen molar-refractivity contribution in [3.05, 3.63) is 23.1 Å². The molecular weight excluding hydrogens is 267 g/mol. The number of hydrogen-bond acceptors (Lipinski definition) is 2. The Kier molecular flexibility index (Phi) is 6.02. The SMILES string of the molecule is CCCNC(CCCC(F)(F)F)c1ccoc1Cl. The van der Waals surface area contributed by atoms with Gasteiger partial charge in [0.15, 0.2) is 5.22 Å². The lowest BCUT2D eigenvalue weighted by Gasteiger charge is -2.18. The Hall–Kier alpha value is -0.680. The van der Waals surface area contributed by atoms with Gasteiger partial charge < -0.3 is 9.73 Å². The summed E-state index contributed by atoms with van der Waals surface area (Å²) in [7, 11) is 0. The maximum absolute atomic E-state index is 12.1. The van der Waals surface area contributed by atoms with E-state index >= 15 is 0 Å². The minimum absolute atomic E-state index is 0.0758. The van der Waals surface area contributed by atoms with Crippen molar-refractivity contribution >= 4 is 11.6 Å². The summed E-state index contributed by atoms with van der Waals surface area (Å²) in [6.07, 6.45) is -2.05. The first-order valence-electron chi connectivity index (χ1n) is 5.97. The van der Waals surface area contributed by atoms with E-state index < -0.39 is 12.6 Å². The maximum atomic E-state index is 12.1. The van der Waals surface area contributed by atoms with Crippen LogP contribution in [0.5, 0.6) is 0 Å². The molecule has 1 heterocycles. The minimum Gasteiger partial charge on any atom is -0.453 e. The molecule has 2 nitrogen and oxygen atoms in total. The van der Waals surface area contributed by atoms with Crippen LogP contribution in [-0.4, -0.2) is 12.7 Å². The van der Waals surface area contributed by atoms with Gasteiger partial charge >= 0.3 is 6.18 Å². The van der Waals surface area contributed by atoms with Crippen molar-refractivity contribution < 1.29 is 17.6 Å². The zero-order valence-electron chi connectivity index (χ0n) is 10.2. The molecule has 6 heteroatoms. The molecule has 0 bridgehead atoms. The lowest BCUT2D eigenvalue weighted by molar-refractivity contribution is -0.135. The van der Waals surface area contributed by atoms with Crippen molar-refractivity contribution in [1.82, 2.24) is 5.32 Å². The summed E-state index contributed by atoms with van der Waals surface area (Å²) < 4.78 is 41.3. The molecule has 0 aromatic carbocycles. The van der Waals surface area contributed by atoms with Gasteiger partial charge in [0, 0.05) is 18.0 Å². The van der Waals surface area contributed by atoms with E-state index in [1.807, 2.05) is 6.92 Å². The summed E-state index contributed by atoms with van der Waals surface area (Å²) in [6.45, 7) is 2.73. The number of nitrogens with one attached hydrogen (secondary N) is 1. The van der Waals surface area contributed by atoms with Crippen LogP contribution in [0.15, 0.2) is 16.7 Å². The fraction of sp³-hybridized carbons (Fsp3) is 0.667. The molecule has 0 saturated heterocycles. The van der Waals surface area contributed by atoms with Crippen molar-refractivity contribution in [3.63, 3.8) is 0 Å². The number of hydrogen-bond donors (Lipinski definition) is 1. The van der Waals surface area contributed by atoms with Gasteiger partial charge in [-0.25, -0.2) is 0 Å². The van der Waals surface area contributed by atoms with Crippen molar-refractivity contribution in [2.75, 3.05) is 6.54 Å². The molecule has 0 fully saturated rings. The lowest BCUT2D eigenvalue weighted by atomic mass is 10.0. The van der Waals surface area contributed by atoms with Crippen LogP contribution in [0.4, 0.5) is 13.2 Å². The van der Waals surface area contributed by atoms with Crippen molar-refractivity contribution in [2.45, 2.75) is 44.8 Å². The van der Waals surface area contributed by atoms with Gasteiger partial charge in [-0.15, -0.1) is 0 Å². The molecule has 1 aromatic heterocycles. The second kappa shape index (κ2) is 7.04. The Bertz CT molecular complexity index is 351. The van der Waals surface area contributed by atoms with Crippen LogP contribution in [0.2, 0.25) is 5.22 Å². The van der Waals surface area contributed by atoms with Crippen LogP contribution in [0.3, 0.4) is 0 Å². The quantitative estimate of drug-likeness (QED) is 0.784. The minimum atomic E-state index is -4.10. The summed E-state index contributed by atoms with van der Waals surface area (Å²) in [6, 6.07) is 1.52. The summed E-state index contributed by atoms with van der Waals surface area (Å²) >= 11 is 5.85. The smallest absolute Gasteiger partial charge is 0.389 e. The fourth-order valence-corrected chi connectivity index (χ4v) is 1.99. The summed E-state index contributed by atoms with van der Waals surface area (Å²) in [5.41, 5.74) is 0.729. The summed E-state index contributed by atoms with van der Waals surface area (Å²) in [4.78, 5) is 0. The molecule has 0 aliphatic rings. The largest absolute Gasteiger partial charge is 0.453 e. The van der Waals surface area contributed by atoms with E-state index in [4.69, 9.17) is 16.0 Å². The van der Waals surface area contributed by atoms with Crippen molar-refractivity contribution in [3.8, 4) is 0 Å². The molecular formula is C12H17ClF3NO. The van der Waals surface area contributed by atoms with Crippen LogP contribution < -0.4 is 5.32 Å². The molecule has 1 aromatic rings. The van der Waals surface area contributed by atoms with Crippen LogP contribution in [0.25, 0.3) is 0 Å². The Morgan fingerprint density at radius 1 is 1.44 bits per heavy atom. The second-order valence-corrected chi connectivity index (χ2v) is 4.51. The molecule has 0 aliphatic heterocycles. The van der Waals surface area contributed by atoms with Gasteiger partial charge in [-0.3, -0.25) is 0 Å². The summed E-state index contributed by atoms with van der Waals surface area (Å²) in [5, 5.41) is 3.43. The maximum Gasteiger partial charge on any atom is 0.389 e. The fourth-order valence-electron chi connectivity index (χ4n) is 1.75. The van der Waals surface area contributed by atoms with Gasteiger partial charge in [-0.2, -0.15) is 13.2 Å². The predicted octanol–water partition coefficient (Wildman–Crippen LogP) is 4.71. The third-order valence-corrected chi connectivity index (χ3v) is 2.92. The van der Waals surface area contributed by atoms with Crippen molar-refractivity contribution in [2.24, 2.45) is 0 Å². The van der Waals surface area contributed by atoms with Crippen molar-refractivity contribution in [1.29, 1.82) is 0 Å². The first kappa shape index (κ1) is 15.4. The first-order valence-corrected chi connectivity index (χ1v) is 6.35. The average Bonchev–Trinajstić information content (AvgIpc) is 2.68. The van der Waals surface area contributed by atoms with E-state index in [1.165, 1.54) is 6.26 Å². The topological polar surface area (TPSA) is 25.2 Å². The zero-order chi connectivity index (χ0) is 13.6. The lowest BCUT2D eigenvalue weighted by Crippen LogP contribution is -2.22. The number of alkyl halides is 3. The average molecular weight is 284 g/mol. The normalized spacial score (nSPS) is 13.8. The van der Waals surface area contributed by atoms with Gasteiger partial charge in [0.2, 0.25) is 0 Å². The molecule has 0 amide bonds. The van der Waals surface area contributed by atoms with Crippen LogP contribution in [0.1, 0.15) is 44.2 Å². The molecule has 0 saturated carbocycles. The van der Waals surface area contributed by atoms with Gasteiger partial charge in [0.25, 0.3) is 0 Å². The number of halogens is 4. The Morgan fingerprint density at radius 2 is 2.17 bits per heavy atom. The molecule has 0 aliphatic carbocycles. The van der Waals surface area contributed by atoms with Gasteiger partial charge in [0.1, 0.15) is 0 Å². The highest BCUT2D eigenvalue weighted by Crippen LogP contribution is 2.30. The first-order chi connectivity index (χ1) is 8.44. The van der Waals surface area contributed by atoms with Crippen LogP contribution >= 0.6 is 11.6 Å². The van der Waals surface area contributed by atoms with E-state index in [0.29, 0.717) is 6.42 Å². The highest BCUT2D eigenvalue weighted by atomic mass is 35.5. The Morgan fingerprint density at radius 3 is 2.67 bits per heavy atom.